The second kappa shape index (κ2) is 5.35. The minimum Gasteiger partial charge on any atom is -0.322 e. The van der Waals surface area contributed by atoms with Crippen molar-refractivity contribution in [2.45, 2.75) is 20.4 Å². The second-order valence-corrected chi connectivity index (χ2v) is 4.91. The van der Waals surface area contributed by atoms with E-state index in [1.54, 1.807) is 17.1 Å². The summed E-state index contributed by atoms with van der Waals surface area (Å²) in [4.78, 5) is 12.0. The van der Waals surface area contributed by atoms with E-state index in [1.807, 2.05) is 32.0 Å². The van der Waals surface area contributed by atoms with Crippen LogP contribution in [0.25, 0.3) is 0 Å². The first-order chi connectivity index (χ1) is 8.60. The number of aromatic nitrogens is 2. The predicted octanol–water partition coefficient (Wildman–Crippen LogP) is 3.23. The molecule has 18 heavy (non-hydrogen) atoms. The molecule has 5 heteroatoms. The fraction of sp³-hybridized carbons (Fsp3) is 0.231. The third kappa shape index (κ3) is 2.79. The molecule has 0 radical (unpaired) electrons. The highest BCUT2D eigenvalue weighted by molar-refractivity contribution is 9.10. The quantitative estimate of drug-likeness (QED) is 0.946. The van der Waals surface area contributed by atoms with Crippen LogP contribution in [-0.4, -0.2) is 15.7 Å². The summed E-state index contributed by atoms with van der Waals surface area (Å²) in [5, 5.41) is 6.96. The Morgan fingerprint density at radius 3 is 2.89 bits per heavy atom. The summed E-state index contributed by atoms with van der Waals surface area (Å²) in [7, 11) is 0. The van der Waals surface area contributed by atoms with E-state index in [1.165, 1.54) is 0 Å². The van der Waals surface area contributed by atoms with Crippen LogP contribution >= 0.6 is 15.9 Å². The van der Waals surface area contributed by atoms with Gasteiger partial charge in [-0.15, -0.1) is 0 Å². The number of amides is 1. The molecule has 0 spiro atoms. The van der Waals surface area contributed by atoms with Crippen LogP contribution in [0.5, 0.6) is 0 Å². The lowest BCUT2D eigenvalue weighted by Gasteiger charge is -2.07. The average molecular weight is 308 g/mol. The number of halogens is 1. The summed E-state index contributed by atoms with van der Waals surface area (Å²) >= 11 is 3.39. The molecule has 0 saturated heterocycles. The Morgan fingerprint density at radius 1 is 1.50 bits per heavy atom. The molecule has 2 rings (SSSR count). The summed E-state index contributed by atoms with van der Waals surface area (Å²) in [5.41, 5.74) is 2.40. The molecule has 1 N–H and O–H groups in total. The van der Waals surface area contributed by atoms with Gasteiger partial charge in [0.05, 0.1) is 11.8 Å². The zero-order chi connectivity index (χ0) is 13.1. The summed E-state index contributed by atoms with van der Waals surface area (Å²) in [6.45, 7) is 4.69. The van der Waals surface area contributed by atoms with E-state index < -0.39 is 0 Å². The van der Waals surface area contributed by atoms with Crippen molar-refractivity contribution in [3.8, 4) is 0 Å². The van der Waals surface area contributed by atoms with E-state index in [0.29, 0.717) is 5.56 Å². The van der Waals surface area contributed by atoms with Crippen LogP contribution in [0.4, 0.5) is 5.69 Å². The summed E-state index contributed by atoms with van der Waals surface area (Å²) in [6, 6.07) is 5.74. The molecule has 2 aromatic rings. The number of carbonyl (C=O) groups is 1. The number of hydrogen-bond acceptors (Lipinski definition) is 2. The topological polar surface area (TPSA) is 46.9 Å². The molecular formula is C13H14BrN3O. The van der Waals surface area contributed by atoms with Gasteiger partial charge in [-0.1, -0.05) is 15.9 Å². The van der Waals surface area contributed by atoms with Gasteiger partial charge in [-0.3, -0.25) is 9.48 Å². The molecule has 1 aromatic heterocycles. The maximum atomic E-state index is 12.0. The highest BCUT2D eigenvalue weighted by Crippen LogP contribution is 2.20. The minimum absolute atomic E-state index is 0.139. The van der Waals surface area contributed by atoms with Crippen LogP contribution in [-0.2, 0) is 6.54 Å². The van der Waals surface area contributed by atoms with Crippen LogP contribution in [0.3, 0.4) is 0 Å². The molecule has 1 heterocycles. The van der Waals surface area contributed by atoms with Gasteiger partial charge in [0.15, 0.2) is 0 Å². The van der Waals surface area contributed by atoms with E-state index in [2.05, 4.69) is 26.3 Å². The van der Waals surface area contributed by atoms with Gasteiger partial charge in [0.25, 0.3) is 5.91 Å². The molecule has 94 valence electrons. The highest BCUT2D eigenvalue weighted by Gasteiger charge is 2.09. The van der Waals surface area contributed by atoms with Gasteiger partial charge < -0.3 is 5.32 Å². The van der Waals surface area contributed by atoms with Crippen molar-refractivity contribution in [3.63, 3.8) is 0 Å². The van der Waals surface area contributed by atoms with Crippen molar-refractivity contribution in [1.82, 2.24) is 9.78 Å². The van der Waals surface area contributed by atoms with Gasteiger partial charge >= 0.3 is 0 Å². The van der Waals surface area contributed by atoms with E-state index in [4.69, 9.17) is 0 Å². The third-order valence-electron chi connectivity index (χ3n) is 2.66. The van der Waals surface area contributed by atoms with E-state index in [-0.39, 0.29) is 5.91 Å². The molecule has 0 saturated carbocycles. The Kier molecular flexibility index (Phi) is 3.81. The average Bonchev–Trinajstić information content (AvgIpc) is 2.81. The number of rotatable bonds is 3. The first-order valence-corrected chi connectivity index (χ1v) is 6.49. The summed E-state index contributed by atoms with van der Waals surface area (Å²) in [6.07, 6.45) is 3.32. The standard InChI is InChI=1S/C13H14BrN3O/c1-3-17-8-10(7-15-17)13(18)16-12-5-4-11(14)6-9(12)2/h4-8H,3H2,1-2H3,(H,16,18). The number of nitrogens with zero attached hydrogens (tertiary/aromatic N) is 2. The fourth-order valence-electron chi connectivity index (χ4n) is 1.62. The molecule has 0 aliphatic carbocycles. The zero-order valence-corrected chi connectivity index (χ0v) is 11.9. The number of nitrogens with one attached hydrogen (secondary N) is 1. The Hall–Kier alpha value is -1.62. The molecule has 4 nitrogen and oxygen atoms in total. The van der Waals surface area contributed by atoms with Gasteiger partial charge in [0.2, 0.25) is 0 Å². The second-order valence-electron chi connectivity index (χ2n) is 4.00. The van der Waals surface area contributed by atoms with E-state index >= 15 is 0 Å². The molecule has 0 aliphatic rings. The first-order valence-electron chi connectivity index (χ1n) is 5.70. The smallest absolute Gasteiger partial charge is 0.258 e. The Bertz CT molecular complexity index is 577. The highest BCUT2D eigenvalue weighted by atomic mass is 79.9. The molecule has 0 atom stereocenters. The largest absolute Gasteiger partial charge is 0.322 e. The van der Waals surface area contributed by atoms with Crippen LogP contribution in [0, 0.1) is 6.92 Å². The Morgan fingerprint density at radius 2 is 2.28 bits per heavy atom. The van der Waals surface area contributed by atoms with Crippen molar-refractivity contribution in [3.05, 3.63) is 46.2 Å². The number of hydrogen-bond donors (Lipinski definition) is 1. The van der Waals surface area contributed by atoms with Gasteiger partial charge in [0.1, 0.15) is 0 Å². The first kappa shape index (κ1) is 12.8. The lowest BCUT2D eigenvalue weighted by Crippen LogP contribution is -2.12. The van der Waals surface area contributed by atoms with Crippen LogP contribution in [0.1, 0.15) is 22.8 Å². The van der Waals surface area contributed by atoms with E-state index in [9.17, 15) is 4.79 Å². The van der Waals surface area contributed by atoms with Crippen molar-refractivity contribution < 1.29 is 4.79 Å². The number of benzene rings is 1. The molecule has 1 amide bonds. The van der Waals surface area contributed by atoms with Gasteiger partial charge in [-0.05, 0) is 37.6 Å². The van der Waals surface area contributed by atoms with Crippen molar-refractivity contribution in [2.24, 2.45) is 0 Å². The Labute approximate surface area is 114 Å². The Balaban J connectivity index is 2.16. The molecule has 0 unspecified atom stereocenters. The van der Waals surface area contributed by atoms with Crippen LogP contribution in [0.2, 0.25) is 0 Å². The predicted molar refractivity (Wildman–Crippen MR) is 74.7 cm³/mol. The van der Waals surface area contributed by atoms with Crippen molar-refractivity contribution >= 4 is 27.5 Å². The van der Waals surface area contributed by atoms with E-state index in [0.717, 1.165) is 22.3 Å². The number of anilines is 1. The lowest BCUT2D eigenvalue weighted by molar-refractivity contribution is 0.102. The summed E-state index contributed by atoms with van der Waals surface area (Å²) < 4.78 is 2.72. The SMILES string of the molecule is CCn1cc(C(=O)Nc2ccc(Br)cc2C)cn1. The van der Waals surface area contributed by atoms with Gasteiger partial charge in [-0.25, -0.2) is 0 Å². The minimum atomic E-state index is -0.139. The fourth-order valence-corrected chi connectivity index (χ4v) is 2.09. The molecule has 0 fully saturated rings. The lowest BCUT2D eigenvalue weighted by atomic mass is 10.2. The monoisotopic (exact) mass is 307 g/mol. The molecule has 1 aromatic carbocycles. The van der Waals surface area contributed by atoms with Crippen LogP contribution in [0.15, 0.2) is 35.1 Å². The molecule has 0 aliphatic heterocycles. The maximum absolute atomic E-state index is 12.0. The number of aryl methyl sites for hydroxylation is 2. The van der Waals surface area contributed by atoms with Crippen LogP contribution < -0.4 is 5.32 Å². The summed E-state index contributed by atoms with van der Waals surface area (Å²) in [5.74, 6) is -0.139. The van der Waals surface area contributed by atoms with Crippen molar-refractivity contribution in [2.75, 3.05) is 5.32 Å². The van der Waals surface area contributed by atoms with Gasteiger partial charge in [-0.2, -0.15) is 5.10 Å². The van der Waals surface area contributed by atoms with Gasteiger partial charge in [0, 0.05) is 22.9 Å². The normalized spacial score (nSPS) is 10.4. The molecule has 0 bridgehead atoms. The molecular weight excluding hydrogens is 294 g/mol. The number of carbonyl (C=O) groups excluding carboxylic acids is 1. The third-order valence-corrected chi connectivity index (χ3v) is 3.15. The maximum Gasteiger partial charge on any atom is 0.258 e. The van der Waals surface area contributed by atoms with Crippen molar-refractivity contribution in [1.29, 1.82) is 0 Å². The zero-order valence-electron chi connectivity index (χ0n) is 10.3.